The van der Waals surface area contributed by atoms with Crippen molar-refractivity contribution in [2.24, 2.45) is 5.92 Å². The highest BCUT2D eigenvalue weighted by Gasteiger charge is 2.35. The molecule has 0 bridgehead atoms. The van der Waals surface area contributed by atoms with Gasteiger partial charge in [0.1, 0.15) is 0 Å². The van der Waals surface area contributed by atoms with Gasteiger partial charge in [-0.15, -0.1) is 0 Å². The Morgan fingerprint density at radius 2 is 1.71 bits per heavy atom. The van der Waals surface area contributed by atoms with Gasteiger partial charge in [0, 0.05) is 25.3 Å². The number of hydrogen-bond donors (Lipinski definition) is 1. The van der Waals surface area contributed by atoms with Crippen LogP contribution in [0.5, 0.6) is 0 Å². The second-order valence-corrected chi connectivity index (χ2v) is 8.12. The van der Waals surface area contributed by atoms with Crippen LogP contribution in [0.1, 0.15) is 37.8 Å². The van der Waals surface area contributed by atoms with E-state index >= 15 is 0 Å². The Morgan fingerprint density at radius 1 is 1.14 bits per heavy atom. The zero-order valence-corrected chi connectivity index (χ0v) is 14.4. The molecule has 1 aromatic carbocycles. The minimum Gasteiger partial charge on any atom is -0.388 e. The normalized spacial score (nSPS) is 24.0. The number of hydrogen-bond acceptors (Lipinski definition) is 3. The summed E-state index contributed by atoms with van der Waals surface area (Å²) in [7, 11) is -1.58. The van der Waals surface area contributed by atoms with Crippen molar-refractivity contribution >= 4 is 15.7 Å². The molecule has 0 aromatic heterocycles. The van der Waals surface area contributed by atoms with E-state index in [-0.39, 0.29) is 6.04 Å². The minimum atomic E-state index is -3.42. The van der Waals surface area contributed by atoms with Gasteiger partial charge in [-0.3, -0.25) is 0 Å². The SMILES string of the molecule is CNc1cc(C)c(S(=O)(=O)N2CC(C)CCC2C)c(C)c1. The molecule has 0 radical (unpaired) electrons. The molecule has 0 spiro atoms. The van der Waals surface area contributed by atoms with Gasteiger partial charge >= 0.3 is 0 Å². The summed E-state index contributed by atoms with van der Waals surface area (Å²) in [6.45, 7) is 8.50. The largest absolute Gasteiger partial charge is 0.388 e. The van der Waals surface area contributed by atoms with Crippen LogP contribution in [-0.4, -0.2) is 32.4 Å². The molecule has 2 unspecified atom stereocenters. The molecule has 0 saturated carbocycles. The molecule has 1 heterocycles. The lowest BCUT2D eigenvalue weighted by Crippen LogP contribution is -2.45. The molecule has 2 atom stereocenters. The average molecular weight is 310 g/mol. The van der Waals surface area contributed by atoms with Gasteiger partial charge in [-0.1, -0.05) is 6.92 Å². The van der Waals surface area contributed by atoms with E-state index in [1.165, 1.54) is 0 Å². The highest BCUT2D eigenvalue weighted by molar-refractivity contribution is 7.89. The van der Waals surface area contributed by atoms with Crippen LogP contribution in [0, 0.1) is 19.8 Å². The topological polar surface area (TPSA) is 49.4 Å². The maximum Gasteiger partial charge on any atom is 0.243 e. The lowest BCUT2D eigenvalue weighted by atomic mass is 9.97. The van der Waals surface area contributed by atoms with Crippen molar-refractivity contribution in [2.75, 3.05) is 18.9 Å². The van der Waals surface area contributed by atoms with E-state index in [1.807, 2.05) is 40.0 Å². The molecule has 1 aromatic rings. The number of nitrogens with one attached hydrogen (secondary N) is 1. The number of aryl methyl sites for hydroxylation is 2. The van der Waals surface area contributed by atoms with Crippen molar-refractivity contribution in [3.8, 4) is 0 Å². The molecule has 1 aliphatic heterocycles. The molecule has 0 amide bonds. The van der Waals surface area contributed by atoms with Gasteiger partial charge in [0.25, 0.3) is 0 Å². The van der Waals surface area contributed by atoms with E-state index in [4.69, 9.17) is 0 Å². The molecule has 1 fully saturated rings. The highest BCUT2D eigenvalue weighted by Crippen LogP contribution is 2.32. The second-order valence-electron chi connectivity index (χ2n) is 6.30. The molecule has 0 aliphatic carbocycles. The summed E-state index contributed by atoms with van der Waals surface area (Å²) in [4.78, 5) is 0.474. The number of rotatable bonds is 3. The first-order valence-corrected chi connectivity index (χ1v) is 9.02. The minimum absolute atomic E-state index is 0.0778. The molecule has 1 saturated heterocycles. The maximum atomic E-state index is 13.1. The Hall–Kier alpha value is -1.07. The van der Waals surface area contributed by atoms with Crippen LogP contribution < -0.4 is 5.32 Å². The van der Waals surface area contributed by atoms with Crippen LogP contribution in [-0.2, 0) is 10.0 Å². The van der Waals surface area contributed by atoms with Gasteiger partial charge in [-0.05, 0) is 62.8 Å². The Morgan fingerprint density at radius 3 is 2.24 bits per heavy atom. The number of sulfonamides is 1. The van der Waals surface area contributed by atoms with Gasteiger partial charge < -0.3 is 5.32 Å². The summed E-state index contributed by atoms with van der Waals surface area (Å²) < 4.78 is 27.9. The summed E-state index contributed by atoms with van der Waals surface area (Å²) in [5, 5.41) is 3.07. The molecule has 5 heteroatoms. The summed E-state index contributed by atoms with van der Waals surface area (Å²) in [5.74, 6) is 0.424. The fourth-order valence-electron chi connectivity index (χ4n) is 3.20. The monoisotopic (exact) mass is 310 g/mol. The summed E-state index contributed by atoms with van der Waals surface area (Å²) in [6.07, 6.45) is 2.04. The van der Waals surface area contributed by atoms with E-state index < -0.39 is 10.0 Å². The zero-order valence-electron chi connectivity index (χ0n) is 13.6. The third-order valence-corrected chi connectivity index (χ3v) is 6.66. The van der Waals surface area contributed by atoms with Crippen LogP contribution in [0.15, 0.2) is 17.0 Å². The molecular weight excluding hydrogens is 284 g/mol. The van der Waals surface area contributed by atoms with E-state index in [0.29, 0.717) is 17.4 Å². The molecule has 2 rings (SSSR count). The standard InChI is InChI=1S/C16H26N2O2S/c1-11-6-7-14(4)18(10-11)21(19,20)16-12(2)8-15(17-5)9-13(16)3/h8-9,11,14,17H,6-7,10H2,1-5H3. The van der Waals surface area contributed by atoms with Crippen molar-refractivity contribution in [1.29, 1.82) is 0 Å². The Balaban J connectivity index is 2.49. The Kier molecular flexibility index (Phi) is 4.63. The third kappa shape index (κ3) is 3.09. The summed E-state index contributed by atoms with van der Waals surface area (Å²) >= 11 is 0. The van der Waals surface area contributed by atoms with Gasteiger partial charge in [-0.25, -0.2) is 8.42 Å². The quantitative estimate of drug-likeness (QED) is 0.933. The molecule has 1 N–H and O–H groups in total. The van der Waals surface area contributed by atoms with Gasteiger partial charge in [-0.2, -0.15) is 4.31 Å². The van der Waals surface area contributed by atoms with E-state index in [0.717, 1.165) is 29.7 Å². The van der Waals surface area contributed by atoms with Gasteiger partial charge in [0.15, 0.2) is 0 Å². The van der Waals surface area contributed by atoms with Crippen molar-refractivity contribution in [3.63, 3.8) is 0 Å². The maximum absolute atomic E-state index is 13.1. The predicted molar refractivity (Wildman–Crippen MR) is 87.2 cm³/mol. The lowest BCUT2D eigenvalue weighted by Gasteiger charge is -2.36. The third-order valence-electron chi connectivity index (χ3n) is 4.38. The summed E-state index contributed by atoms with van der Waals surface area (Å²) in [5.41, 5.74) is 2.57. The summed E-state index contributed by atoms with van der Waals surface area (Å²) in [6, 6.07) is 3.88. The van der Waals surface area contributed by atoms with E-state index in [2.05, 4.69) is 12.2 Å². The Labute approximate surface area is 128 Å². The van der Waals surface area contributed by atoms with E-state index in [9.17, 15) is 8.42 Å². The smallest absolute Gasteiger partial charge is 0.243 e. The fraction of sp³-hybridized carbons (Fsp3) is 0.625. The number of anilines is 1. The Bertz CT molecular complexity index is 602. The number of piperidine rings is 1. The van der Waals surface area contributed by atoms with Gasteiger partial charge in [0.2, 0.25) is 10.0 Å². The van der Waals surface area contributed by atoms with Gasteiger partial charge in [0.05, 0.1) is 4.90 Å². The lowest BCUT2D eigenvalue weighted by molar-refractivity contribution is 0.218. The average Bonchev–Trinajstić information content (AvgIpc) is 2.40. The molecule has 4 nitrogen and oxygen atoms in total. The van der Waals surface area contributed by atoms with Crippen LogP contribution in [0.2, 0.25) is 0 Å². The van der Waals surface area contributed by atoms with Crippen molar-refractivity contribution in [2.45, 2.75) is 51.5 Å². The van der Waals surface area contributed by atoms with Crippen LogP contribution in [0.25, 0.3) is 0 Å². The molecular formula is C16H26N2O2S. The van der Waals surface area contributed by atoms with Crippen molar-refractivity contribution in [1.82, 2.24) is 4.31 Å². The fourth-order valence-corrected chi connectivity index (χ4v) is 5.40. The highest BCUT2D eigenvalue weighted by atomic mass is 32.2. The predicted octanol–water partition coefficient (Wildman–Crippen LogP) is 3.15. The number of nitrogens with zero attached hydrogens (tertiary/aromatic N) is 1. The number of benzene rings is 1. The first-order chi connectivity index (χ1) is 9.77. The molecule has 1 aliphatic rings. The zero-order chi connectivity index (χ0) is 15.8. The van der Waals surface area contributed by atoms with Crippen LogP contribution in [0.4, 0.5) is 5.69 Å². The van der Waals surface area contributed by atoms with E-state index in [1.54, 1.807) is 4.31 Å². The van der Waals surface area contributed by atoms with Crippen LogP contribution >= 0.6 is 0 Å². The van der Waals surface area contributed by atoms with Crippen LogP contribution in [0.3, 0.4) is 0 Å². The first-order valence-electron chi connectivity index (χ1n) is 7.58. The second kappa shape index (κ2) is 5.97. The van der Waals surface area contributed by atoms with Crippen molar-refractivity contribution < 1.29 is 8.42 Å². The first kappa shape index (κ1) is 16.3. The van der Waals surface area contributed by atoms with Crippen molar-refractivity contribution in [3.05, 3.63) is 23.3 Å². The molecule has 118 valence electrons. The molecule has 21 heavy (non-hydrogen) atoms.